The maximum absolute atomic E-state index is 12.7. The van der Waals surface area contributed by atoms with Crippen LogP contribution in [0.3, 0.4) is 0 Å². The molecule has 1 heterocycles. The molecule has 37 heavy (non-hydrogen) atoms. The average Bonchev–Trinajstić information content (AvgIpc) is 2.94. The summed E-state index contributed by atoms with van der Waals surface area (Å²) in [6, 6.07) is 13.9. The van der Waals surface area contributed by atoms with Crippen LogP contribution in [0.15, 0.2) is 36.4 Å². The van der Waals surface area contributed by atoms with Crippen LogP contribution >= 0.6 is 0 Å². The van der Waals surface area contributed by atoms with Crippen LogP contribution in [0.2, 0.25) is 0 Å². The molecule has 0 aliphatic heterocycles. The van der Waals surface area contributed by atoms with Gasteiger partial charge in [-0.15, -0.1) is 10.2 Å². The molecule has 3 rings (SSSR count). The summed E-state index contributed by atoms with van der Waals surface area (Å²) >= 11 is 0. The summed E-state index contributed by atoms with van der Waals surface area (Å²) in [5.41, 5.74) is 1.36. The minimum absolute atomic E-state index is 0.183. The van der Waals surface area contributed by atoms with Gasteiger partial charge in [-0.1, -0.05) is 65.2 Å². The topological polar surface area (TPSA) is 85.1 Å². The number of hydrogen-bond acceptors (Lipinski definition) is 6. The highest BCUT2D eigenvalue weighted by molar-refractivity contribution is 5.75. The lowest BCUT2D eigenvalue weighted by Gasteiger charge is -2.34. The fourth-order valence-electron chi connectivity index (χ4n) is 5.05. The number of unbranched alkanes of at least 4 members (excludes halogenated alkanes) is 7. The van der Waals surface area contributed by atoms with Crippen molar-refractivity contribution in [3.8, 4) is 29.0 Å². The highest BCUT2D eigenvalue weighted by Gasteiger charge is 2.38. The van der Waals surface area contributed by atoms with Crippen LogP contribution in [0.1, 0.15) is 104 Å². The van der Waals surface area contributed by atoms with Gasteiger partial charge >= 0.3 is 5.97 Å². The molecule has 0 radical (unpaired) electrons. The summed E-state index contributed by atoms with van der Waals surface area (Å²) in [6.07, 6.45) is 14.6. The van der Waals surface area contributed by atoms with Crippen LogP contribution in [0, 0.1) is 22.7 Å². The average molecular weight is 506 g/mol. The second kappa shape index (κ2) is 15.3. The number of esters is 1. The number of nitriles is 1. The minimum atomic E-state index is -0.278. The summed E-state index contributed by atoms with van der Waals surface area (Å²) in [4.78, 5) is 12.7. The maximum atomic E-state index is 12.7. The molecule has 6 heteroatoms. The minimum Gasteiger partial charge on any atom is -0.494 e. The fraction of sp³-hybridized carbons (Fsp3) is 0.613. The van der Waals surface area contributed by atoms with Crippen molar-refractivity contribution >= 4 is 5.97 Å². The first-order valence-corrected chi connectivity index (χ1v) is 14.3. The third-order valence-electron chi connectivity index (χ3n) is 7.53. The lowest BCUT2D eigenvalue weighted by molar-refractivity contribution is -0.141. The first-order valence-electron chi connectivity index (χ1n) is 14.3. The smallest absolute Gasteiger partial charge is 0.315 e. The number of aromatic nitrogens is 2. The van der Waals surface area contributed by atoms with Crippen LogP contribution < -0.4 is 9.47 Å². The summed E-state index contributed by atoms with van der Waals surface area (Å²) in [5, 5.41) is 18.2. The summed E-state index contributed by atoms with van der Waals surface area (Å²) in [7, 11) is 0. The second-order valence-electron chi connectivity index (χ2n) is 10.4. The van der Waals surface area contributed by atoms with Crippen LogP contribution in [-0.2, 0) is 4.79 Å². The molecule has 0 atom stereocenters. The predicted molar refractivity (Wildman–Crippen MR) is 146 cm³/mol. The SMILES string of the molecule is CCCCCCCC1(C#N)CCC(C(=O)Oc2ccc(-c3ccc(OCCCCCC)cc3)nn2)CC1. The Morgan fingerprint density at radius 3 is 2.22 bits per heavy atom. The van der Waals surface area contributed by atoms with E-state index in [-0.39, 0.29) is 23.2 Å². The van der Waals surface area contributed by atoms with Gasteiger partial charge in [0.25, 0.3) is 0 Å². The molecule has 1 aromatic carbocycles. The normalized spacial score (nSPS) is 19.2. The Balaban J connectivity index is 1.44. The second-order valence-corrected chi connectivity index (χ2v) is 10.4. The Hall–Kier alpha value is -2.94. The summed E-state index contributed by atoms with van der Waals surface area (Å²) in [6.45, 7) is 5.14. The third kappa shape index (κ3) is 9.14. The lowest BCUT2D eigenvalue weighted by atomic mass is 9.69. The lowest BCUT2D eigenvalue weighted by Crippen LogP contribution is -2.31. The van der Waals surface area contributed by atoms with E-state index in [1.54, 1.807) is 6.07 Å². The van der Waals surface area contributed by atoms with Gasteiger partial charge in [0.2, 0.25) is 5.88 Å². The monoisotopic (exact) mass is 505 g/mol. The fourth-order valence-corrected chi connectivity index (χ4v) is 5.05. The zero-order valence-electron chi connectivity index (χ0n) is 22.7. The van der Waals surface area contributed by atoms with E-state index in [1.165, 1.54) is 44.9 Å². The van der Waals surface area contributed by atoms with E-state index >= 15 is 0 Å². The molecule has 200 valence electrons. The zero-order valence-corrected chi connectivity index (χ0v) is 22.7. The number of benzene rings is 1. The van der Waals surface area contributed by atoms with E-state index in [0.717, 1.165) is 50.0 Å². The standard InChI is InChI=1S/C31H43N3O3/c1-3-5-7-9-10-20-31(24-32)21-18-26(19-22-31)30(35)37-29-17-16-28(33-34-29)25-12-14-27(15-13-25)36-23-11-8-6-4-2/h12-17,26H,3-11,18-23H2,1-2H3. The van der Waals surface area contributed by atoms with Gasteiger partial charge < -0.3 is 9.47 Å². The Kier molecular flexibility index (Phi) is 11.9. The molecule has 0 N–H and O–H groups in total. The molecule has 1 aliphatic carbocycles. The van der Waals surface area contributed by atoms with Crippen molar-refractivity contribution in [2.45, 2.75) is 104 Å². The zero-order chi connectivity index (χ0) is 26.3. The molecule has 0 spiro atoms. The van der Waals surface area contributed by atoms with Gasteiger partial charge in [0.05, 0.1) is 29.7 Å². The highest BCUT2D eigenvalue weighted by atomic mass is 16.5. The van der Waals surface area contributed by atoms with E-state index in [0.29, 0.717) is 18.5 Å². The van der Waals surface area contributed by atoms with Crippen molar-refractivity contribution in [1.29, 1.82) is 5.26 Å². The van der Waals surface area contributed by atoms with Crippen LogP contribution in [0.25, 0.3) is 11.3 Å². The number of ether oxygens (including phenoxy) is 2. The van der Waals surface area contributed by atoms with Crippen molar-refractivity contribution in [2.24, 2.45) is 11.3 Å². The molecule has 1 aromatic heterocycles. The number of carbonyl (C=O) groups is 1. The number of hydrogen-bond donors (Lipinski definition) is 0. The molecule has 6 nitrogen and oxygen atoms in total. The van der Waals surface area contributed by atoms with Gasteiger partial charge in [-0.25, -0.2) is 0 Å². The molecule has 2 aromatic rings. The van der Waals surface area contributed by atoms with Crippen LogP contribution in [0.5, 0.6) is 11.6 Å². The van der Waals surface area contributed by atoms with E-state index in [4.69, 9.17) is 9.47 Å². The molecule has 0 amide bonds. The van der Waals surface area contributed by atoms with E-state index in [9.17, 15) is 10.1 Å². The van der Waals surface area contributed by atoms with Gasteiger partial charge in [-0.05, 0) is 68.9 Å². The first-order chi connectivity index (χ1) is 18.1. The van der Waals surface area contributed by atoms with Crippen LogP contribution in [0.4, 0.5) is 0 Å². The molecule has 1 aliphatic rings. The van der Waals surface area contributed by atoms with Gasteiger partial charge in [0.1, 0.15) is 5.75 Å². The van der Waals surface area contributed by atoms with Gasteiger partial charge in [-0.2, -0.15) is 5.26 Å². The highest BCUT2D eigenvalue weighted by Crippen LogP contribution is 2.42. The first kappa shape index (κ1) is 28.6. The molecule has 1 saturated carbocycles. The van der Waals surface area contributed by atoms with E-state index in [1.807, 2.05) is 30.3 Å². The molecular weight excluding hydrogens is 462 g/mol. The van der Waals surface area contributed by atoms with Crippen molar-refractivity contribution in [3.05, 3.63) is 36.4 Å². The predicted octanol–water partition coefficient (Wildman–Crippen LogP) is 8.07. The van der Waals surface area contributed by atoms with Gasteiger partial charge in [0, 0.05) is 11.6 Å². The van der Waals surface area contributed by atoms with E-state index in [2.05, 4.69) is 30.1 Å². The third-order valence-corrected chi connectivity index (χ3v) is 7.53. The van der Waals surface area contributed by atoms with Crippen molar-refractivity contribution in [1.82, 2.24) is 10.2 Å². The largest absolute Gasteiger partial charge is 0.494 e. The van der Waals surface area contributed by atoms with E-state index < -0.39 is 0 Å². The molecule has 0 unspecified atom stereocenters. The Morgan fingerprint density at radius 1 is 0.919 bits per heavy atom. The van der Waals surface area contributed by atoms with Crippen molar-refractivity contribution < 1.29 is 14.3 Å². The van der Waals surface area contributed by atoms with Gasteiger partial charge in [-0.3, -0.25) is 4.79 Å². The molecule has 0 bridgehead atoms. The van der Waals surface area contributed by atoms with Crippen LogP contribution in [-0.4, -0.2) is 22.8 Å². The summed E-state index contributed by atoms with van der Waals surface area (Å²) < 4.78 is 11.4. The van der Waals surface area contributed by atoms with Crippen molar-refractivity contribution in [3.63, 3.8) is 0 Å². The quantitative estimate of drug-likeness (QED) is 0.180. The summed E-state index contributed by atoms with van der Waals surface area (Å²) in [5.74, 6) is 0.617. The molecular formula is C31H43N3O3. The molecule has 1 fully saturated rings. The number of carbonyl (C=O) groups excluding carboxylic acids is 1. The number of rotatable bonds is 15. The van der Waals surface area contributed by atoms with Gasteiger partial charge in [0.15, 0.2) is 0 Å². The number of nitrogens with zero attached hydrogens (tertiary/aromatic N) is 3. The Labute approximate surface area is 222 Å². The molecule has 0 saturated heterocycles. The Morgan fingerprint density at radius 2 is 1.59 bits per heavy atom. The van der Waals surface area contributed by atoms with Crippen molar-refractivity contribution in [2.75, 3.05) is 6.61 Å². The Bertz CT molecular complexity index is 974. The maximum Gasteiger partial charge on any atom is 0.315 e.